The van der Waals surface area contributed by atoms with Crippen molar-refractivity contribution in [2.75, 3.05) is 39.3 Å². The summed E-state index contributed by atoms with van der Waals surface area (Å²) in [5.41, 5.74) is 1.15. The Morgan fingerprint density at radius 3 is 2.54 bits per heavy atom. The number of aliphatic hydroxyl groups excluding tert-OH is 1. The first-order chi connectivity index (χ1) is 12.7. The minimum atomic E-state index is -0.454. The van der Waals surface area contributed by atoms with Gasteiger partial charge in [-0.1, -0.05) is 30.3 Å². The molecule has 2 atom stereocenters. The van der Waals surface area contributed by atoms with Gasteiger partial charge < -0.3 is 10.0 Å². The first-order valence-corrected chi connectivity index (χ1v) is 10.1. The Kier molecular flexibility index (Phi) is 5.30. The number of amides is 1. The van der Waals surface area contributed by atoms with Gasteiger partial charge in [-0.3, -0.25) is 14.6 Å². The summed E-state index contributed by atoms with van der Waals surface area (Å²) in [6.07, 6.45) is 5.00. The molecule has 1 aromatic carbocycles. The highest BCUT2D eigenvalue weighted by Gasteiger charge is 2.49. The van der Waals surface area contributed by atoms with E-state index < -0.39 is 6.10 Å². The molecule has 3 aliphatic rings. The summed E-state index contributed by atoms with van der Waals surface area (Å²) in [5.74, 6) is 0.188. The molecular weight excluding hydrogens is 326 g/mol. The van der Waals surface area contributed by atoms with Crippen molar-refractivity contribution in [1.29, 1.82) is 0 Å². The summed E-state index contributed by atoms with van der Waals surface area (Å²) < 4.78 is 0. The third-order valence-corrected chi connectivity index (χ3v) is 6.62. The average molecular weight is 357 g/mol. The van der Waals surface area contributed by atoms with E-state index in [2.05, 4.69) is 34.1 Å². The molecule has 0 radical (unpaired) electrons. The lowest BCUT2D eigenvalue weighted by Gasteiger charge is -2.48. The minimum Gasteiger partial charge on any atom is -0.389 e. The number of benzene rings is 1. The van der Waals surface area contributed by atoms with Gasteiger partial charge >= 0.3 is 0 Å². The summed E-state index contributed by atoms with van der Waals surface area (Å²) >= 11 is 0. The minimum absolute atomic E-state index is 0.153. The molecule has 1 aromatic rings. The third kappa shape index (κ3) is 3.53. The SMILES string of the molecule is O=C(CN1CCCC1)N1CC[C@@]2(CCCN2Cc2ccccc2)[C@@H](O)C1. The van der Waals surface area contributed by atoms with E-state index in [0.717, 1.165) is 52.0 Å². The van der Waals surface area contributed by atoms with Crippen LogP contribution in [-0.2, 0) is 11.3 Å². The van der Waals surface area contributed by atoms with Gasteiger partial charge in [0.25, 0.3) is 0 Å². The summed E-state index contributed by atoms with van der Waals surface area (Å²) in [4.78, 5) is 19.2. The number of β-amino-alcohol motifs (C(OH)–C–C–N with tert-alkyl or cyclic N) is 1. The maximum Gasteiger partial charge on any atom is 0.236 e. The number of carbonyl (C=O) groups is 1. The predicted octanol–water partition coefficient (Wildman–Crippen LogP) is 1.71. The van der Waals surface area contributed by atoms with Crippen molar-refractivity contribution in [2.24, 2.45) is 0 Å². The molecule has 3 heterocycles. The van der Waals surface area contributed by atoms with E-state index in [1.165, 1.54) is 18.4 Å². The van der Waals surface area contributed by atoms with Gasteiger partial charge in [0, 0.05) is 19.6 Å². The van der Waals surface area contributed by atoms with E-state index in [9.17, 15) is 9.90 Å². The highest BCUT2D eigenvalue weighted by Crippen LogP contribution is 2.39. The molecule has 0 aliphatic carbocycles. The Labute approximate surface area is 156 Å². The van der Waals surface area contributed by atoms with Crippen molar-refractivity contribution in [3.8, 4) is 0 Å². The quantitative estimate of drug-likeness (QED) is 0.891. The van der Waals surface area contributed by atoms with E-state index in [1.54, 1.807) is 0 Å². The van der Waals surface area contributed by atoms with Gasteiger partial charge in [0.15, 0.2) is 0 Å². The van der Waals surface area contributed by atoms with Crippen LogP contribution >= 0.6 is 0 Å². The fourth-order valence-electron chi connectivity index (χ4n) is 5.08. The van der Waals surface area contributed by atoms with Crippen LogP contribution in [0.25, 0.3) is 0 Å². The van der Waals surface area contributed by atoms with Crippen LogP contribution in [0.5, 0.6) is 0 Å². The van der Waals surface area contributed by atoms with Gasteiger partial charge in [0.1, 0.15) is 0 Å². The number of likely N-dealkylation sites (tertiary alicyclic amines) is 3. The Morgan fingerprint density at radius 1 is 1.04 bits per heavy atom. The third-order valence-electron chi connectivity index (χ3n) is 6.62. The van der Waals surface area contributed by atoms with E-state index in [0.29, 0.717) is 13.1 Å². The zero-order valence-corrected chi connectivity index (χ0v) is 15.6. The summed E-state index contributed by atoms with van der Waals surface area (Å²) in [6.45, 7) is 5.78. The molecule has 1 spiro atoms. The van der Waals surface area contributed by atoms with Crippen LogP contribution in [0.3, 0.4) is 0 Å². The van der Waals surface area contributed by atoms with Gasteiger partial charge in [-0.2, -0.15) is 0 Å². The lowest BCUT2D eigenvalue weighted by molar-refractivity contribution is -0.141. The van der Waals surface area contributed by atoms with Crippen LogP contribution in [0.1, 0.15) is 37.7 Å². The number of piperidine rings is 1. The van der Waals surface area contributed by atoms with E-state index in [-0.39, 0.29) is 11.4 Å². The number of aliphatic hydroxyl groups is 1. The molecule has 1 amide bonds. The number of hydrogen-bond acceptors (Lipinski definition) is 4. The zero-order chi connectivity index (χ0) is 18.0. The van der Waals surface area contributed by atoms with Crippen LogP contribution in [0, 0.1) is 0 Å². The van der Waals surface area contributed by atoms with Crippen molar-refractivity contribution in [1.82, 2.24) is 14.7 Å². The molecule has 5 heteroatoms. The monoisotopic (exact) mass is 357 g/mol. The number of hydrogen-bond donors (Lipinski definition) is 1. The first kappa shape index (κ1) is 18.0. The smallest absolute Gasteiger partial charge is 0.236 e. The van der Waals surface area contributed by atoms with Crippen molar-refractivity contribution in [3.05, 3.63) is 35.9 Å². The molecule has 0 saturated carbocycles. The fraction of sp³-hybridized carbons (Fsp3) is 0.667. The topological polar surface area (TPSA) is 47.0 Å². The Bertz CT molecular complexity index is 617. The Hall–Kier alpha value is -1.43. The van der Waals surface area contributed by atoms with Crippen LogP contribution in [-0.4, -0.2) is 76.6 Å². The Morgan fingerprint density at radius 2 is 1.81 bits per heavy atom. The van der Waals surface area contributed by atoms with Crippen LogP contribution < -0.4 is 0 Å². The molecular formula is C21H31N3O2. The maximum absolute atomic E-state index is 12.6. The van der Waals surface area contributed by atoms with Crippen molar-refractivity contribution >= 4 is 5.91 Å². The predicted molar refractivity (Wildman–Crippen MR) is 102 cm³/mol. The molecule has 0 aromatic heterocycles. The van der Waals surface area contributed by atoms with Crippen LogP contribution in [0.4, 0.5) is 0 Å². The van der Waals surface area contributed by atoms with Crippen molar-refractivity contribution in [3.63, 3.8) is 0 Å². The fourth-order valence-corrected chi connectivity index (χ4v) is 5.08. The number of rotatable bonds is 4. The molecule has 3 aliphatic heterocycles. The highest BCUT2D eigenvalue weighted by molar-refractivity contribution is 5.78. The van der Waals surface area contributed by atoms with Crippen LogP contribution in [0.2, 0.25) is 0 Å². The van der Waals surface area contributed by atoms with Gasteiger partial charge in [-0.05, 0) is 57.3 Å². The lowest BCUT2D eigenvalue weighted by atomic mass is 9.82. The average Bonchev–Trinajstić information content (AvgIpc) is 3.29. The maximum atomic E-state index is 12.6. The van der Waals surface area contributed by atoms with E-state index in [1.807, 2.05) is 11.0 Å². The normalized spacial score (nSPS) is 30.3. The van der Waals surface area contributed by atoms with Crippen molar-refractivity contribution < 1.29 is 9.90 Å². The van der Waals surface area contributed by atoms with Gasteiger partial charge in [-0.25, -0.2) is 0 Å². The summed E-state index contributed by atoms with van der Waals surface area (Å²) in [6, 6.07) is 10.5. The van der Waals surface area contributed by atoms with E-state index >= 15 is 0 Å². The molecule has 26 heavy (non-hydrogen) atoms. The molecule has 4 rings (SSSR count). The molecule has 5 nitrogen and oxygen atoms in total. The van der Waals surface area contributed by atoms with Gasteiger partial charge in [0.05, 0.1) is 18.2 Å². The molecule has 0 unspecified atom stereocenters. The molecule has 142 valence electrons. The Balaban J connectivity index is 1.39. The molecule has 0 bridgehead atoms. The number of nitrogens with zero attached hydrogens (tertiary/aromatic N) is 3. The van der Waals surface area contributed by atoms with E-state index in [4.69, 9.17) is 0 Å². The molecule has 1 N–H and O–H groups in total. The zero-order valence-electron chi connectivity index (χ0n) is 15.6. The standard InChI is InChI=1S/C21H31N3O2/c25-19-16-23(20(26)17-22-11-4-5-12-22)14-10-21(19)9-6-13-24(21)15-18-7-2-1-3-8-18/h1-3,7-8,19,25H,4-6,9-17H2/t19-,21-/m0/s1. The molecule has 3 fully saturated rings. The second-order valence-corrected chi connectivity index (χ2v) is 8.20. The van der Waals surface area contributed by atoms with Crippen LogP contribution in [0.15, 0.2) is 30.3 Å². The molecule has 3 saturated heterocycles. The summed E-state index contributed by atoms with van der Waals surface area (Å²) in [7, 11) is 0. The second kappa shape index (κ2) is 7.67. The first-order valence-electron chi connectivity index (χ1n) is 10.1. The number of carbonyl (C=O) groups excluding carboxylic acids is 1. The van der Waals surface area contributed by atoms with Gasteiger partial charge in [-0.15, -0.1) is 0 Å². The van der Waals surface area contributed by atoms with Crippen molar-refractivity contribution in [2.45, 2.75) is 50.3 Å². The van der Waals surface area contributed by atoms with Gasteiger partial charge in [0.2, 0.25) is 5.91 Å². The highest BCUT2D eigenvalue weighted by atomic mass is 16.3. The lowest BCUT2D eigenvalue weighted by Crippen LogP contribution is -2.62. The second-order valence-electron chi connectivity index (χ2n) is 8.20. The largest absolute Gasteiger partial charge is 0.389 e. The summed E-state index contributed by atoms with van der Waals surface area (Å²) in [5, 5.41) is 11.0.